The third-order valence-electron chi connectivity index (χ3n) is 2.70. The van der Waals surface area contributed by atoms with E-state index in [9.17, 15) is 0 Å². The van der Waals surface area contributed by atoms with Crippen molar-refractivity contribution in [1.82, 2.24) is 0 Å². The highest BCUT2D eigenvalue weighted by Crippen LogP contribution is 2.08. The first-order chi connectivity index (χ1) is 16.1. The molecule has 3 aromatic rings. The molecule has 0 saturated heterocycles. The molecule has 6 heteroatoms. The van der Waals surface area contributed by atoms with Gasteiger partial charge in [0, 0.05) is 0 Å². The zero-order valence-corrected chi connectivity index (χ0v) is 19.6. The standard InChI is InChI=1S/3C7H5NO.2C3H8/c2*1-8-9-7-5-3-2-4-6-7;8-6-9-7-4-2-1-3-5-7;2*1-3-2/h2*2-6H;1-5H;2*3H2,1-2H3. The summed E-state index contributed by atoms with van der Waals surface area (Å²) in [5.41, 5.74) is 0. The van der Waals surface area contributed by atoms with Crippen LogP contribution in [0.25, 0.3) is 10.0 Å². The lowest BCUT2D eigenvalue weighted by molar-refractivity contribution is 0.472. The molecule has 0 aliphatic heterocycles. The number of hydrogen-bond donors (Lipinski definition) is 0. The van der Waals surface area contributed by atoms with Gasteiger partial charge in [0.25, 0.3) is 6.26 Å². The summed E-state index contributed by atoms with van der Waals surface area (Å²) >= 11 is 0. The molecule has 0 fully saturated rings. The maximum atomic E-state index is 8.05. The van der Waals surface area contributed by atoms with E-state index in [2.05, 4.69) is 52.1 Å². The van der Waals surface area contributed by atoms with Crippen molar-refractivity contribution in [2.24, 2.45) is 0 Å². The molecule has 0 unspecified atom stereocenters. The van der Waals surface area contributed by atoms with Gasteiger partial charge < -0.3 is 4.74 Å². The molecule has 172 valence electrons. The van der Waals surface area contributed by atoms with Crippen LogP contribution in [0.1, 0.15) is 40.5 Å². The second-order valence-corrected chi connectivity index (χ2v) is 5.91. The molecule has 0 heterocycles. The molecule has 3 rings (SSSR count). The highest BCUT2D eigenvalue weighted by Gasteiger charge is 1.89. The van der Waals surface area contributed by atoms with Gasteiger partial charge in [0.05, 0.1) is 0 Å². The molecule has 0 bridgehead atoms. The monoisotopic (exact) mass is 445 g/mol. The summed E-state index contributed by atoms with van der Waals surface area (Å²) in [6.07, 6.45) is 4.08. The van der Waals surface area contributed by atoms with Crippen LogP contribution in [0, 0.1) is 24.7 Å². The van der Waals surface area contributed by atoms with E-state index in [1.807, 2.05) is 54.6 Å². The summed E-state index contributed by atoms with van der Waals surface area (Å²) in [6.45, 7) is 21.2. The first kappa shape index (κ1) is 30.7. The van der Waals surface area contributed by atoms with Crippen molar-refractivity contribution in [1.29, 1.82) is 5.26 Å². The van der Waals surface area contributed by atoms with Crippen LogP contribution < -0.4 is 14.4 Å². The van der Waals surface area contributed by atoms with Crippen molar-refractivity contribution >= 4 is 0 Å². The van der Waals surface area contributed by atoms with E-state index in [4.69, 9.17) is 18.4 Å². The molecule has 0 aliphatic rings. The zero-order chi connectivity index (χ0) is 25.0. The Bertz CT molecular complexity index is 790. The van der Waals surface area contributed by atoms with Crippen LogP contribution in [-0.4, -0.2) is 0 Å². The quantitative estimate of drug-likeness (QED) is 0.232. The Morgan fingerprint density at radius 3 is 1.12 bits per heavy atom. The first-order valence-electron chi connectivity index (χ1n) is 10.4. The van der Waals surface area contributed by atoms with Crippen LogP contribution in [0.5, 0.6) is 17.2 Å². The average Bonchev–Trinajstić information content (AvgIpc) is 2.84. The van der Waals surface area contributed by atoms with Crippen molar-refractivity contribution < 1.29 is 14.4 Å². The fourth-order valence-electron chi connectivity index (χ4n) is 1.61. The lowest BCUT2D eigenvalue weighted by Gasteiger charge is -1.89. The van der Waals surface area contributed by atoms with Crippen LogP contribution in [0.15, 0.2) is 91.0 Å². The number of hydrogen-bond acceptors (Lipinski definition) is 4. The van der Waals surface area contributed by atoms with Gasteiger partial charge in [-0.2, -0.15) is 22.8 Å². The normalized spacial score (nSPS) is 7.55. The Labute approximate surface area is 198 Å². The largest absolute Gasteiger partial charge is 0.388 e. The maximum Gasteiger partial charge on any atom is 0.292 e. The van der Waals surface area contributed by atoms with Gasteiger partial charge in [-0.3, -0.25) is 0 Å². The number of rotatable bonds is 3. The minimum Gasteiger partial charge on any atom is -0.388 e. The lowest BCUT2D eigenvalue weighted by Crippen LogP contribution is -1.78. The first-order valence-corrected chi connectivity index (χ1v) is 10.4. The SMILES string of the molecule is CCC.CCC.N#COc1ccccc1.[C-]#[N+]Oc1ccccc1.[C-]#[N+]Oc1ccccc1. The van der Waals surface area contributed by atoms with Gasteiger partial charge in [0.15, 0.2) is 0 Å². The Kier molecular flexibility index (Phi) is 23.8. The fraction of sp³-hybridized carbons (Fsp3) is 0.222. The fourth-order valence-corrected chi connectivity index (χ4v) is 1.61. The maximum absolute atomic E-state index is 8.05. The Balaban J connectivity index is 0. The second-order valence-electron chi connectivity index (χ2n) is 5.91. The van der Waals surface area contributed by atoms with Crippen LogP contribution in [0.4, 0.5) is 0 Å². The van der Waals surface area contributed by atoms with Crippen LogP contribution in [0.2, 0.25) is 0 Å². The minimum absolute atomic E-state index is 0.583. The third kappa shape index (κ3) is 22.0. The van der Waals surface area contributed by atoms with Crippen molar-refractivity contribution in [3.05, 3.63) is 114 Å². The van der Waals surface area contributed by atoms with Crippen molar-refractivity contribution in [2.75, 3.05) is 0 Å². The predicted molar refractivity (Wildman–Crippen MR) is 132 cm³/mol. The molecule has 0 saturated carbocycles. The van der Waals surface area contributed by atoms with E-state index in [1.54, 1.807) is 42.7 Å². The van der Waals surface area contributed by atoms with Crippen LogP contribution in [-0.2, 0) is 0 Å². The van der Waals surface area contributed by atoms with Crippen molar-refractivity contribution in [3.8, 4) is 23.5 Å². The highest BCUT2D eigenvalue weighted by atomic mass is 16.6. The van der Waals surface area contributed by atoms with Gasteiger partial charge in [-0.1, -0.05) is 95.1 Å². The van der Waals surface area contributed by atoms with Gasteiger partial charge in [-0.15, -0.1) is 5.26 Å². The Hall–Kier alpha value is -4.47. The topological polar surface area (TPSA) is 60.2 Å². The molecule has 0 amide bonds. The predicted octanol–water partition coefficient (Wildman–Crippen LogP) is 8.18. The van der Waals surface area contributed by atoms with Crippen molar-refractivity contribution in [2.45, 2.75) is 40.5 Å². The van der Waals surface area contributed by atoms with Gasteiger partial charge in [0.1, 0.15) is 5.75 Å². The second kappa shape index (κ2) is 25.6. The minimum atomic E-state index is 0.583. The summed E-state index contributed by atoms with van der Waals surface area (Å²) < 4.78 is 4.51. The van der Waals surface area contributed by atoms with Gasteiger partial charge in [0.2, 0.25) is 11.5 Å². The summed E-state index contributed by atoms with van der Waals surface area (Å²) in [4.78, 5) is 8.99. The van der Waals surface area contributed by atoms with E-state index in [0.29, 0.717) is 17.2 Å². The Morgan fingerprint density at radius 1 is 0.606 bits per heavy atom. The Morgan fingerprint density at radius 2 is 0.879 bits per heavy atom. The van der Waals surface area contributed by atoms with Crippen LogP contribution >= 0.6 is 0 Å². The van der Waals surface area contributed by atoms with Gasteiger partial charge >= 0.3 is 0 Å². The molecule has 0 spiro atoms. The molecular formula is C27H31N3O3. The van der Waals surface area contributed by atoms with E-state index >= 15 is 0 Å². The molecule has 0 N–H and O–H groups in total. The summed E-state index contributed by atoms with van der Waals surface area (Å²) in [5, 5.41) is 13.6. The summed E-state index contributed by atoms with van der Waals surface area (Å²) in [6, 6.07) is 26.9. The number of nitriles is 1. The van der Waals surface area contributed by atoms with E-state index in [0.717, 1.165) is 0 Å². The molecule has 0 radical (unpaired) electrons. The molecule has 0 aromatic heterocycles. The zero-order valence-electron chi connectivity index (χ0n) is 19.6. The van der Waals surface area contributed by atoms with Crippen LogP contribution in [0.3, 0.4) is 0 Å². The smallest absolute Gasteiger partial charge is 0.292 e. The molecule has 0 aliphatic carbocycles. The van der Waals surface area contributed by atoms with E-state index in [-0.39, 0.29) is 0 Å². The highest BCUT2D eigenvalue weighted by molar-refractivity contribution is 5.22. The molecule has 0 atom stereocenters. The van der Waals surface area contributed by atoms with Gasteiger partial charge in [-0.05, 0) is 46.4 Å². The van der Waals surface area contributed by atoms with Gasteiger partial charge in [-0.25, -0.2) is 0 Å². The number of para-hydroxylation sites is 3. The lowest BCUT2D eigenvalue weighted by atomic mass is 10.3. The molecule has 3 aromatic carbocycles. The third-order valence-corrected chi connectivity index (χ3v) is 2.70. The van der Waals surface area contributed by atoms with E-state index < -0.39 is 0 Å². The molecule has 33 heavy (non-hydrogen) atoms. The van der Waals surface area contributed by atoms with Crippen molar-refractivity contribution in [3.63, 3.8) is 0 Å². The number of ether oxygens (including phenoxy) is 1. The molecular weight excluding hydrogens is 414 g/mol. The summed E-state index contributed by atoms with van der Waals surface area (Å²) in [5.74, 6) is 1.76. The number of nitrogens with zero attached hydrogens (tertiary/aromatic N) is 3. The molecule has 6 nitrogen and oxygen atoms in total. The summed E-state index contributed by atoms with van der Waals surface area (Å²) in [7, 11) is 0. The average molecular weight is 446 g/mol. The van der Waals surface area contributed by atoms with E-state index in [1.165, 1.54) is 12.8 Å². The number of benzene rings is 3.